The van der Waals surface area contributed by atoms with Crippen molar-refractivity contribution in [1.82, 2.24) is 5.32 Å². The van der Waals surface area contributed by atoms with Crippen molar-refractivity contribution < 1.29 is 23.9 Å². The van der Waals surface area contributed by atoms with Crippen LogP contribution in [0.3, 0.4) is 0 Å². The molecular weight excluding hydrogens is 257 g/mol. The third kappa shape index (κ3) is 327. The number of ether oxygens (including phenoxy) is 2. The van der Waals surface area contributed by atoms with Crippen LogP contribution in [0.1, 0.15) is 27.7 Å². The summed E-state index contributed by atoms with van der Waals surface area (Å²) in [6.07, 6.45) is 0. The number of methoxy groups -OCH3 is 2. The van der Waals surface area contributed by atoms with Gasteiger partial charge in [0.2, 0.25) is 5.91 Å². The van der Waals surface area contributed by atoms with E-state index in [0.717, 1.165) is 0 Å². The standard InChI is InChI=1S/C3H7NO.C3H6O2.C3H6O.C2H6O.H3P/c1-3(5)4-2;1-3(4)5-2;1-3(2)4;1-3-2;/h1-2H3,(H,4,5);1-2H3;1-2H3;1-2H3;1H3. The van der Waals surface area contributed by atoms with Crippen molar-refractivity contribution in [2.24, 2.45) is 0 Å². The lowest BCUT2D eigenvalue weighted by molar-refractivity contribution is -0.138. The van der Waals surface area contributed by atoms with Crippen molar-refractivity contribution in [2.45, 2.75) is 27.7 Å². The second-order valence-electron chi connectivity index (χ2n) is 2.82. The molecule has 0 fully saturated rings. The van der Waals surface area contributed by atoms with E-state index in [1.807, 2.05) is 0 Å². The van der Waals surface area contributed by atoms with E-state index in [2.05, 4.69) is 14.8 Å². The highest BCUT2D eigenvalue weighted by atomic mass is 31.0. The summed E-state index contributed by atoms with van der Waals surface area (Å²) in [5.41, 5.74) is 0. The molecule has 0 bridgehead atoms. The van der Waals surface area contributed by atoms with Crippen molar-refractivity contribution in [1.29, 1.82) is 0 Å². The first kappa shape index (κ1) is 30.2. The highest BCUT2D eigenvalue weighted by Crippen LogP contribution is 1.60. The number of carbonyl (C=O) groups excluding carboxylic acids is 3. The number of hydrogen-bond donors (Lipinski definition) is 1. The molecule has 6 nitrogen and oxygen atoms in total. The van der Waals surface area contributed by atoms with Gasteiger partial charge in [0.1, 0.15) is 5.78 Å². The molecule has 0 aromatic rings. The lowest BCUT2D eigenvalue weighted by Gasteiger charge is -1.80. The fourth-order valence-electron chi connectivity index (χ4n) is 0. The number of hydrogen-bond acceptors (Lipinski definition) is 5. The van der Waals surface area contributed by atoms with Crippen molar-refractivity contribution in [3.8, 4) is 0 Å². The van der Waals surface area contributed by atoms with Crippen LogP contribution in [0.15, 0.2) is 0 Å². The van der Waals surface area contributed by atoms with Crippen molar-refractivity contribution in [2.75, 3.05) is 28.4 Å². The summed E-state index contributed by atoms with van der Waals surface area (Å²) < 4.78 is 8.36. The minimum absolute atomic E-state index is 0. The molecule has 1 atom stereocenters. The maximum Gasteiger partial charge on any atom is 0.302 e. The summed E-state index contributed by atoms with van der Waals surface area (Å²) in [6, 6.07) is 0. The molecule has 0 radical (unpaired) electrons. The zero-order valence-corrected chi connectivity index (χ0v) is 14.2. The van der Waals surface area contributed by atoms with Gasteiger partial charge in [-0.1, -0.05) is 0 Å². The number of esters is 1. The Hall–Kier alpha value is -1.00. The fraction of sp³-hybridized carbons (Fsp3) is 0.727. The van der Waals surface area contributed by atoms with Crippen LogP contribution in [-0.2, 0) is 23.9 Å². The van der Waals surface area contributed by atoms with Gasteiger partial charge in [0.25, 0.3) is 0 Å². The van der Waals surface area contributed by atoms with Crippen LogP contribution >= 0.6 is 9.90 Å². The van der Waals surface area contributed by atoms with E-state index in [4.69, 9.17) is 0 Å². The van der Waals surface area contributed by atoms with Gasteiger partial charge in [0, 0.05) is 35.1 Å². The number of amides is 1. The third-order valence-corrected chi connectivity index (χ3v) is 0.640. The molecule has 0 spiro atoms. The molecule has 7 heteroatoms. The molecule has 0 aliphatic heterocycles. The van der Waals surface area contributed by atoms with Gasteiger partial charge in [-0.2, -0.15) is 9.90 Å². The molecule has 1 amide bonds. The first-order chi connectivity index (χ1) is 7.69. The number of carbonyl (C=O) groups is 3. The second kappa shape index (κ2) is 29.8. The quantitative estimate of drug-likeness (QED) is 0.527. The molecule has 0 rings (SSSR count). The van der Waals surface area contributed by atoms with Crippen LogP contribution in [-0.4, -0.2) is 46.0 Å². The molecule has 0 saturated heterocycles. The third-order valence-electron chi connectivity index (χ3n) is 0.640. The Kier molecular flexibility index (Phi) is 50.0. The minimum atomic E-state index is -0.245. The van der Waals surface area contributed by atoms with Gasteiger partial charge >= 0.3 is 5.97 Å². The number of rotatable bonds is 0. The Morgan fingerprint density at radius 3 is 1.00 bits per heavy atom. The smallest absolute Gasteiger partial charge is 0.302 e. The predicted molar refractivity (Wildman–Crippen MR) is 77.8 cm³/mol. The maximum absolute atomic E-state index is 9.70. The van der Waals surface area contributed by atoms with E-state index in [0.29, 0.717) is 0 Å². The summed E-state index contributed by atoms with van der Waals surface area (Å²) in [5.74, 6) is -0.0741. The minimum Gasteiger partial charge on any atom is -0.469 e. The predicted octanol–water partition coefficient (Wildman–Crippen LogP) is 0.848. The van der Waals surface area contributed by atoms with E-state index in [9.17, 15) is 14.4 Å². The molecule has 0 aliphatic rings. The van der Waals surface area contributed by atoms with E-state index < -0.39 is 0 Å². The SMILES string of the molecule is CC(C)=O.CNC(C)=O.COC.COC(C)=O.P. The Balaban J connectivity index is -0.0000000417. The molecule has 0 aliphatic carbocycles. The molecule has 112 valence electrons. The van der Waals surface area contributed by atoms with Gasteiger partial charge in [-0.3, -0.25) is 9.59 Å². The van der Waals surface area contributed by atoms with Crippen LogP contribution in [0.25, 0.3) is 0 Å². The van der Waals surface area contributed by atoms with Gasteiger partial charge in [0.05, 0.1) is 7.11 Å². The highest BCUT2D eigenvalue weighted by Gasteiger charge is 1.75. The van der Waals surface area contributed by atoms with Crippen LogP contribution in [0.2, 0.25) is 0 Å². The van der Waals surface area contributed by atoms with Crippen molar-refractivity contribution in [3.05, 3.63) is 0 Å². The largest absolute Gasteiger partial charge is 0.469 e. The molecule has 18 heavy (non-hydrogen) atoms. The van der Waals surface area contributed by atoms with Crippen LogP contribution in [0.5, 0.6) is 0 Å². The Labute approximate surface area is 113 Å². The molecule has 0 heterocycles. The fourth-order valence-corrected chi connectivity index (χ4v) is 0. The van der Waals surface area contributed by atoms with Gasteiger partial charge < -0.3 is 19.6 Å². The Morgan fingerprint density at radius 1 is 0.889 bits per heavy atom. The summed E-state index contributed by atoms with van der Waals surface area (Å²) >= 11 is 0. The summed E-state index contributed by atoms with van der Waals surface area (Å²) in [5, 5.41) is 2.39. The lowest BCUT2D eigenvalue weighted by atomic mass is 10.6. The first-order valence-electron chi connectivity index (χ1n) is 4.79. The first-order valence-corrected chi connectivity index (χ1v) is 4.79. The van der Waals surface area contributed by atoms with Gasteiger partial charge in [-0.25, -0.2) is 0 Å². The Morgan fingerprint density at radius 2 is 1.00 bits per heavy atom. The number of Topliss-reactive ketones (excluding diaryl/α,β-unsaturated/α-hetero) is 1. The van der Waals surface area contributed by atoms with Gasteiger partial charge in [0.15, 0.2) is 0 Å². The normalized spacial score (nSPS) is 6.22. The molecule has 1 unspecified atom stereocenters. The van der Waals surface area contributed by atoms with E-state index in [1.54, 1.807) is 21.3 Å². The summed E-state index contributed by atoms with van der Waals surface area (Å²) in [6.45, 7) is 5.89. The number of ketones is 1. The average molecular weight is 285 g/mol. The molecule has 1 N–H and O–H groups in total. The molecule has 0 saturated carbocycles. The number of nitrogens with one attached hydrogen (secondary N) is 1. The average Bonchev–Trinajstić information content (AvgIpc) is 2.19. The zero-order valence-electron chi connectivity index (χ0n) is 12.7. The van der Waals surface area contributed by atoms with Crippen molar-refractivity contribution >= 4 is 27.6 Å². The monoisotopic (exact) mass is 285 g/mol. The van der Waals surface area contributed by atoms with E-state index in [1.165, 1.54) is 34.8 Å². The van der Waals surface area contributed by atoms with Crippen LogP contribution < -0.4 is 5.32 Å². The van der Waals surface area contributed by atoms with Crippen LogP contribution in [0.4, 0.5) is 0 Å². The maximum atomic E-state index is 9.70. The summed E-state index contributed by atoms with van der Waals surface area (Å²) in [7, 11) is 6.20. The topological polar surface area (TPSA) is 81.7 Å². The molecule has 0 aromatic heterocycles. The highest BCUT2D eigenvalue weighted by molar-refractivity contribution is 6.92. The van der Waals surface area contributed by atoms with Crippen LogP contribution in [0, 0.1) is 0 Å². The Bertz CT molecular complexity index is 180. The van der Waals surface area contributed by atoms with Crippen molar-refractivity contribution in [3.63, 3.8) is 0 Å². The summed E-state index contributed by atoms with van der Waals surface area (Å²) in [4.78, 5) is 28.7. The second-order valence-corrected chi connectivity index (χ2v) is 2.82. The van der Waals surface area contributed by atoms with E-state index >= 15 is 0 Å². The molecular formula is C11H28NO5P. The zero-order chi connectivity index (χ0) is 14.9. The lowest BCUT2D eigenvalue weighted by Crippen LogP contribution is -2.11. The van der Waals surface area contributed by atoms with E-state index in [-0.39, 0.29) is 27.6 Å². The molecule has 0 aromatic carbocycles. The van der Waals surface area contributed by atoms with Gasteiger partial charge in [-0.05, 0) is 13.8 Å². The van der Waals surface area contributed by atoms with Gasteiger partial charge in [-0.15, -0.1) is 0 Å².